The molecule has 0 aliphatic carbocycles. The van der Waals surface area contributed by atoms with E-state index in [2.05, 4.69) is 0 Å². The monoisotopic (exact) mass is 284 g/mol. The molecule has 0 radical (unpaired) electrons. The van der Waals surface area contributed by atoms with Gasteiger partial charge >= 0.3 is 6.18 Å². The van der Waals surface area contributed by atoms with Gasteiger partial charge in [-0.15, -0.1) is 0 Å². The van der Waals surface area contributed by atoms with Crippen LogP contribution in [0.3, 0.4) is 0 Å². The van der Waals surface area contributed by atoms with Gasteiger partial charge in [-0.3, -0.25) is 9.59 Å². The van der Waals surface area contributed by atoms with Crippen molar-refractivity contribution in [3.63, 3.8) is 0 Å². The predicted octanol–water partition coefficient (Wildman–Crippen LogP) is 1.83. The lowest BCUT2D eigenvalue weighted by Gasteiger charge is -2.12. The molecule has 0 bridgehead atoms. The van der Waals surface area contributed by atoms with Gasteiger partial charge in [-0.25, -0.2) is 0 Å². The van der Waals surface area contributed by atoms with Crippen LogP contribution in [-0.2, 0) is 7.05 Å². The maximum Gasteiger partial charge on any atom is 0.405 e. The van der Waals surface area contributed by atoms with E-state index in [1.165, 1.54) is 13.1 Å². The molecule has 0 saturated carbocycles. The summed E-state index contributed by atoms with van der Waals surface area (Å²) in [6.07, 6.45) is -4.49. The molecular weight excluding hydrogens is 273 g/mol. The van der Waals surface area contributed by atoms with E-state index >= 15 is 0 Å². The second-order valence-corrected chi connectivity index (χ2v) is 4.28. The highest BCUT2D eigenvalue weighted by atomic mass is 19.4. The number of amides is 1. The molecule has 0 spiro atoms. The Morgan fingerprint density at radius 2 is 1.95 bits per heavy atom. The quantitative estimate of drug-likeness (QED) is 0.914. The van der Waals surface area contributed by atoms with Crippen LogP contribution in [0.2, 0.25) is 0 Å². The molecule has 0 saturated heterocycles. The predicted molar refractivity (Wildman–Crippen MR) is 67.6 cm³/mol. The minimum Gasteiger partial charge on any atom is -0.342 e. The van der Waals surface area contributed by atoms with E-state index < -0.39 is 24.2 Å². The van der Waals surface area contributed by atoms with Crippen LogP contribution in [0.4, 0.5) is 13.2 Å². The summed E-state index contributed by atoms with van der Waals surface area (Å²) in [6, 6.07) is 7.96. The van der Waals surface area contributed by atoms with Crippen molar-refractivity contribution in [3.05, 3.63) is 46.4 Å². The third-order valence-electron chi connectivity index (χ3n) is 2.83. The van der Waals surface area contributed by atoms with Crippen molar-refractivity contribution in [3.8, 4) is 0 Å². The number of fused-ring (bicyclic) bond motifs is 1. The number of nitrogens with one attached hydrogen (secondary N) is 1. The summed E-state index contributed by atoms with van der Waals surface area (Å²) in [7, 11) is 1.34. The molecule has 2 rings (SSSR count). The van der Waals surface area contributed by atoms with Gasteiger partial charge in [0.15, 0.2) is 0 Å². The molecule has 1 aromatic carbocycles. The number of carbonyl (C=O) groups excluding carboxylic acids is 1. The molecule has 4 nitrogen and oxygen atoms in total. The van der Waals surface area contributed by atoms with Crippen LogP contribution in [0.1, 0.15) is 10.5 Å². The Hall–Kier alpha value is -2.31. The number of pyridine rings is 1. The molecule has 2 aromatic rings. The summed E-state index contributed by atoms with van der Waals surface area (Å²) in [4.78, 5) is 23.8. The Kier molecular flexibility index (Phi) is 3.52. The summed E-state index contributed by atoms with van der Waals surface area (Å²) in [5.74, 6) is -0.937. The van der Waals surface area contributed by atoms with Crippen LogP contribution >= 0.6 is 0 Å². The molecule has 1 amide bonds. The third-order valence-corrected chi connectivity index (χ3v) is 2.83. The van der Waals surface area contributed by atoms with Crippen molar-refractivity contribution in [2.24, 2.45) is 7.05 Å². The van der Waals surface area contributed by atoms with E-state index in [-0.39, 0.29) is 5.69 Å². The molecule has 0 unspecified atom stereocenters. The lowest BCUT2D eigenvalue weighted by atomic mass is 10.1. The summed E-state index contributed by atoms with van der Waals surface area (Å²) < 4.78 is 37.3. The van der Waals surface area contributed by atoms with Gasteiger partial charge in [-0.1, -0.05) is 18.2 Å². The first kappa shape index (κ1) is 14.1. The molecule has 20 heavy (non-hydrogen) atoms. The van der Waals surface area contributed by atoms with Crippen molar-refractivity contribution in [1.29, 1.82) is 0 Å². The number of aromatic nitrogens is 1. The van der Waals surface area contributed by atoms with Crippen molar-refractivity contribution < 1.29 is 18.0 Å². The minimum atomic E-state index is -4.49. The van der Waals surface area contributed by atoms with Gasteiger partial charge in [0.2, 0.25) is 0 Å². The first-order chi connectivity index (χ1) is 9.29. The Bertz CT molecular complexity index is 720. The van der Waals surface area contributed by atoms with E-state index in [1.54, 1.807) is 29.6 Å². The lowest BCUT2D eigenvalue weighted by molar-refractivity contribution is -0.123. The lowest BCUT2D eigenvalue weighted by Crippen LogP contribution is -2.36. The number of hydrogen-bond acceptors (Lipinski definition) is 2. The fourth-order valence-corrected chi connectivity index (χ4v) is 1.84. The van der Waals surface area contributed by atoms with Gasteiger partial charge in [-0.2, -0.15) is 13.2 Å². The second-order valence-electron chi connectivity index (χ2n) is 4.28. The number of rotatable bonds is 2. The van der Waals surface area contributed by atoms with E-state index in [0.29, 0.717) is 10.8 Å². The van der Waals surface area contributed by atoms with Gasteiger partial charge in [0.1, 0.15) is 12.2 Å². The SMILES string of the molecule is Cn1c(C(=O)NCC(F)(F)F)cc2ccccc2c1=O. The average Bonchev–Trinajstić information content (AvgIpc) is 2.39. The molecule has 7 heteroatoms. The van der Waals surface area contributed by atoms with E-state index in [4.69, 9.17) is 0 Å². The molecule has 0 fully saturated rings. The zero-order valence-electron chi connectivity index (χ0n) is 10.5. The molecule has 0 aliphatic heterocycles. The topological polar surface area (TPSA) is 51.1 Å². The number of halogens is 3. The van der Waals surface area contributed by atoms with Crippen LogP contribution in [0, 0.1) is 0 Å². The van der Waals surface area contributed by atoms with Crippen LogP contribution in [0.25, 0.3) is 10.8 Å². The van der Waals surface area contributed by atoms with Gasteiger partial charge in [-0.05, 0) is 17.5 Å². The highest BCUT2D eigenvalue weighted by Gasteiger charge is 2.28. The molecule has 1 heterocycles. The van der Waals surface area contributed by atoms with E-state index in [1.807, 2.05) is 0 Å². The maximum absolute atomic E-state index is 12.1. The fraction of sp³-hybridized carbons (Fsp3) is 0.231. The molecule has 0 aliphatic rings. The fourth-order valence-electron chi connectivity index (χ4n) is 1.84. The number of carbonyl (C=O) groups is 1. The number of nitrogens with zero attached hydrogens (tertiary/aromatic N) is 1. The number of hydrogen-bond donors (Lipinski definition) is 1. The van der Waals surface area contributed by atoms with Crippen molar-refractivity contribution in [1.82, 2.24) is 9.88 Å². The maximum atomic E-state index is 12.1. The summed E-state index contributed by atoms with van der Waals surface area (Å²) in [6.45, 7) is -1.44. The van der Waals surface area contributed by atoms with Crippen LogP contribution in [0.5, 0.6) is 0 Å². The molecule has 106 valence electrons. The number of alkyl halides is 3. The Labute approximate surface area is 111 Å². The number of benzene rings is 1. The van der Waals surface area contributed by atoms with Gasteiger partial charge in [0.25, 0.3) is 11.5 Å². The standard InChI is InChI=1S/C13H11F3N2O2/c1-18-10(11(19)17-7-13(14,15)16)6-8-4-2-3-5-9(8)12(18)20/h2-6H,7H2,1H3,(H,17,19). The van der Waals surface area contributed by atoms with Crippen molar-refractivity contribution in [2.75, 3.05) is 6.54 Å². The Balaban J connectivity index is 2.42. The molecule has 1 aromatic heterocycles. The third kappa shape index (κ3) is 2.81. The van der Waals surface area contributed by atoms with Crippen molar-refractivity contribution >= 4 is 16.7 Å². The molecule has 1 N–H and O–H groups in total. The van der Waals surface area contributed by atoms with Crippen LogP contribution in [0.15, 0.2) is 35.1 Å². The Morgan fingerprint density at radius 1 is 1.30 bits per heavy atom. The van der Waals surface area contributed by atoms with Gasteiger partial charge in [0, 0.05) is 12.4 Å². The first-order valence-electron chi connectivity index (χ1n) is 5.73. The minimum absolute atomic E-state index is 0.113. The molecule has 0 atom stereocenters. The van der Waals surface area contributed by atoms with Gasteiger partial charge < -0.3 is 9.88 Å². The summed E-state index contributed by atoms with van der Waals surface area (Å²) >= 11 is 0. The van der Waals surface area contributed by atoms with E-state index in [9.17, 15) is 22.8 Å². The van der Waals surface area contributed by atoms with Crippen LogP contribution < -0.4 is 10.9 Å². The van der Waals surface area contributed by atoms with Crippen LogP contribution in [-0.4, -0.2) is 23.2 Å². The van der Waals surface area contributed by atoms with E-state index in [0.717, 1.165) is 4.57 Å². The zero-order chi connectivity index (χ0) is 14.9. The Morgan fingerprint density at radius 3 is 2.60 bits per heavy atom. The normalized spacial score (nSPS) is 11.6. The summed E-state index contributed by atoms with van der Waals surface area (Å²) in [5, 5.41) is 2.66. The smallest absolute Gasteiger partial charge is 0.342 e. The van der Waals surface area contributed by atoms with Gasteiger partial charge in [0.05, 0.1) is 0 Å². The highest BCUT2D eigenvalue weighted by Crippen LogP contribution is 2.14. The zero-order valence-corrected chi connectivity index (χ0v) is 10.5. The van der Waals surface area contributed by atoms with Crippen molar-refractivity contribution in [2.45, 2.75) is 6.18 Å². The second kappa shape index (κ2) is 4.99. The largest absolute Gasteiger partial charge is 0.405 e. The highest BCUT2D eigenvalue weighted by molar-refractivity contribution is 5.96. The first-order valence-corrected chi connectivity index (χ1v) is 5.73. The molecular formula is C13H11F3N2O2. The average molecular weight is 284 g/mol. The summed E-state index contributed by atoms with van der Waals surface area (Å²) in [5.41, 5.74) is -0.543.